The summed E-state index contributed by atoms with van der Waals surface area (Å²) in [5, 5.41) is 11.8. The Balaban J connectivity index is 0.00000121. The van der Waals surface area contributed by atoms with Gasteiger partial charge in [-0.25, -0.2) is 4.98 Å². The summed E-state index contributed by atoms with van der Waals surface area (Å²) in [6.07, 6.45) is 0.556. The maximum absolute atomic E-state index is 9.40. The number of hydrogen-bond acceptors (Lipinski definition) is 4. The monoisotopic (exact) mass is 208 g/mol. The molecule has 1 heterocycles. The van der Waals surface area contributed by atoms with Crippen molar-refractivity contribution in [2.75, 3.05) is 5.73 Å². The molecule has 0 bridgehead atoms. The molecule has 12 heavy (non-hydrogen) atoms. The van der Waals surface area contributed by atoms with Crippen LogP contribution in [0.2, 0.25) is 0 Å². The van der Waals surface area contributed by atoms with Crippen LogP contribution in [0.15, 0.2) is 5.38 Å². The van der Waals surface area contributed by atoms with E-state index in [0.717, 1.165) is 5.69 Å². The molecule has 0 aliphatic rings. The highest BCUT2D eigenvalue weighted by Crippen LogP contribution is 2.16. The summed E-state index contributed by atoms with van der Waals surface area (Å²) in [7, 11) is 0. The van der Waals surface area contributed by atoms with Crippen LogP contribution in [0.5, 0.6) is 0 Å². The van der Waals surface area contributed by atoms with Gasteiger partial charge in [0.25, 0.3) is 0 Å². The average molecular weight is 209 g/mol. The Hall–Kier alpha value is -0.320. The molecule has 5 heteroatoms. The average Bonchev–Trinajstić information content (AvgIpc) is 2.10. The molecule has 1 rings (SSSR count). The second-order valence-corrected chi connectivity index (χ2v) is 4.06. The van der Waals surface area contributed by atoms with Gasteiger partial charge in [-0.2, -0.15) is 0 Å². The number of nitrogens with two attached hydrogens (primary N) is 1. The number of aromatic nitrogens is 1. The van der Waals surface area contributed by atoms with Crippen LogP contribution < -0.4 is 5.73 Å². The molecule has 0 saturated carbocycles. The van der Waals surface area contributed by atoms with Gasteiger partial charge in [-0.15, -0.1) is 23.7 Å². The Kier molecular flexibility index (Phi) is 3.96. The predicted octanol–water partition coefficient (Wildman–Crippen LogP) is 1.46. The van der Waals surface area contributed by atoms with Crippen LogP contribution in [0, 0.1) is 0 Å². The quantitative estimate of drug-likeness (QED) is 0.774. The molecule has 1 aromatic rings. The number of hydrogen-bond donors (Lipinski definition) is 2. The summed E-state index contributed by atoms with van der Waals surface area (Å²) in [5.41, 5.74) is 5.59. The van der Waals surface area contributed by atoms with E-state index in [0.29, 0.717) is 11.6 Å². The first-order valence-electron chi connectivity index (χ1n) is 3.40. The largest absolute Gasteiger partial charge is 0.390 e. The van der Waals surface area contributed by atoms with Crippen molar-refractivity contribution in [2.24, 2.45) is 0 Å². The zero-order valence-corrected chi connectivity index (χ0v) is 8.71. The number of nitrogen functional groups attached to an aromatic ring is 1. The van der Waals surface area contributed by atoms with Crippen molar-refractivity contribution in [2.45, 2.75) is 25.9 Å². The van der Waals surface area contributed by atoms with Gasteiger partial charge < -0.3 is 10.8 Å². The highest BCUT2D eigenvalue weighted by atomic mass is 35.5. The molecule has 0 atom stereocenters. The summed E-state index contributed by atoms with van der Waals surface area (Å²) in [6.45, 7) is 3.51. The van der Waals surface area contributed by atoms with Crippen molar-refractivity contribution < 1.29 is 5.11 Å². The van der Waals surface area contributed by atoms with E-state index >= 15 is 0 Å². The maximum atomic E-state index is 9.40. The van der Waals surface area contributed by atoms with Crippen LogP contribution in [-0.2, 0) is 6.42 Å². The summed E-state index contributed by atoms with van der Waals surface area (Å²) in [5.74, 6) is 0. The van der Waals surface area contributed by atoms with E-state index in [2.05, 4.69) is 4.98 Å². The van der Waals surface area contributed by atoms with Crippen molar-refractivity contribution >= 4 is 28.9 Å². The Morgan fingerprint density at radius 3 is 2.58 bits per heavy atom. The predicted molar refractivity (Wildman–Crippen MR) is 53.8 cm³/mol. The molecule has 0 spiro atoms. The number of anilines is 1. The lowest BCUT2D eigenvalue weighted by Gasteiger charge is -2.14. The first-order valence-corrected chi connectivity index (χ1v) is 4.27. The van der Waals surface area contributed by atoms with E-state index in [-0.39, 0.29) is 12.4 Å². The smallest absolute Gasteiger partial charge is 0.180 e. The highest BCUT2D eigenvalue weighted by Gasteiger charge is 2.14. The topological polar surface area (TPSA) is 59.1 Å². The van der Waals surface area contributed by atoms with Crippen LogP contribution in [0.1, 0.15) is 19.5 Å². The Morgan fingerprint density at radius 2 is 2.25 bits per heavy atom. The van der Waals surface area contributed by atoms with Gasteiger partial charge in [0.2, 0.25) is 0 Å². The third-order valence-electron chi connectivity index (χ3n) is 1.18. The summed E-state index contributed by atoms with van der Waals surface area (Å²) >= 11 is 1.40. The number of thiazole rings is 1. The van der Waals surface area contributed by atoms with Gasteiger partial charge in [0.1, 0.15) is 0 Å². The first-order chi connectivity index (χ1) is 4.97. The minimum absolute atomic E-state index is 0. The van der Waals surface area contributed by atoms with Crippen LogP contribution in [-0.4, -0.2) is 15.7 Å². The van der Waals surface area contributed by atoms with Crippen LogP contribution in [0.25, 0.3) is 0 Å². The lowest BCUT2D eigenvalue weighted by atomic mass is 10.0. The van der Waals surface area contributed by atoms with Gasteiger partial charge in [0.15, 0.2) is 5.13 Å². The Bertz CT molecular complexity index is 244. The molecule has 0 radical (unpaired) electrons. The fourth-order valence-corrected chi connectivity index (χ4v) is 1.41. The summed E-state index contributed by atoms with van der Waals surface area (Å²) in [4.78, 5) is 4.03. The second-order valence-electron chi connectivity index (χ2n) is 3.17. The van der Waals surface area contributed by atoms with Gasteiger partial charge in [-0.3, -0.25) is 0 Å². The maximum Gasteiger partial charge on any atom is 0.180 e. The number of rotatable bonds is 2. The van der Waals surface area contributed by atoms with Crippen LogP contribution >= 0.6 is 23.7 Å². The van der Waals surface area contributed by atoms with Gasteiger partial charge in [0.05, 0.1) is 11.3 Å². The minimum atomic E-state index is -0.694. The Labute approximate surface area is 82.0 Å². The first kappa shape index (κ1) is 11.7. The fourth-order valence-electron chi connectivity index (χ4n) is 0.847. The van der Waals surface area contributed by atoms with E-state index in [9.17, 15) is 5.11 Å². The van der Waals surface area contributed by atoms with Crippen LogP contribution in [0.3, 0.4) is 0 Å². The molecule has 0 fully saturated rings. The van der Waals surface area contributed by atoms with E-state index in [1.54, 1.807) is 13.8 Å². The number of aliphatic hydroxyl groups is 1. The third kappa shape index (κ3) is 3.90. The van der Waals surface area contributed by atoms with E-state index < -0.39 is 5.60 Å². The molecular formula is C7H13ClN2OS. The van der Waals surface area contributed by atoms with E-state index in [1.807, 2.05) is 5.38 Å². The SMILES string of the molecule is CC(C)(O)Cc1csc(N)n1.Cl. The molecule has 0 saturated heterocycles. The molecule has 70 valence electrons. The molecular weight excluding hydrogens is 196 g/mol. The van der Waals surface area contributed by atoms with Crippen molar-refractivity contribution in [3.05, 3.63) is 11.1 Å². The zero-order chi connectivity index (χ0) is 8.48. The summed E-state index contributed by atoms with van der Waals surface area (Å²) in [6, 6.07) is 0. The van der Waals surface area contributed by atoms with Crippen molar-refractivity contribution in [3.8, 4) is 0 Å². The molecule has 0 aliphatic heterocycles. The molecule has 0 amide bonds. The molecule has 3 N–H and O–H groups in total. The molecule has 0 aromatic carbocycles. The van der Waals surface area contributed by atoms with E-state index in [4.69, 9.17) is 5.73 Å². The van der Waals surface area contributed by atoms with Crippen molar-refractivity contribution in [1.29, 1.82) is 0 Å². The third-order valence-corrected chi connectivity index (χ3v) is 1.91. The summed E-state index contributed by atoms with van der Waals surface area (Å²) < 4.78 is 0. The van der Waals surface area contributed by atoms with Gasteiger partial charge in [-0.1, -0.05) is 0 Å². The van der Waals surface area contributed by atoms with Crippen molar-refractivity contribution in [1.82, 2.24) is 4.98 Å². The number of halogens is 1. The minimum Gasteiger partial charge on any atom is -0.390 e. The van der Waals surface area contributed by atoms with Crippen LogP contribution in [0.4, 0.5) is 5.13 Å². The molecule has 0 unspecified atom stereocenters. The normalized spacial score (nSPS) is 10.9. The fraction of sp³-hybridized carbons (Fsp3) is 0.571. The molecule has 3 nitrogen and oxygen atoms in total. The standard InChI is InChI=1S/C7H12N2OS.ClH/c1-7(2,10)3-5-4-11-6(8)9-5;/h4,10H,3H2,1-2H3,(H2,8,9);1H. The highest BCUT2D eigenvalue weighted by molar-refractivity contribution is 7.13. The lowest BCUT2D eigenvalue weighted by molar-refractivity contribution is 0.0801. The molecule has 1 aromatic heterocycles. The van der Waals surface area contributed by atoms with Gasteiger partial charge in [-0.05, 0) is 13.8 Å². The zero-order valence-electron chi connectivity index (χ0n) is 7.07. The van der Waals surface area contributed by atoms with E-state index in [1.165, 1.54) is 11.3 Å². The van der Waals surface area contributed by atoms with Gasteiger partial charge >= 0.3 is 0 Å². The number of nitrogens with zero attached hydrogens (tertiary/aromatic N) is 1. The Morgan fingerprint density at radius 1 is 1.67 bits per heavy atom. The van der Waals surface area contributed by atoms with Crippen molar-refractivity contribution in [3.63, 3.8) is 0 Å². The van der Waals surface area contributed by atoms with Gasteiger partial charge in [0, 0.05) is 11.8 Å². The lowest BCUT2D eigenvalue weighted by Crippen LogP contribution is -2.21. The second kappa shape index (κ2) is 4.07. The molecule has 0 aliphatic carbocycles.